The van der Waals surface area contributed by atoms with Crippen LogP contribution in [0.4, 0.5) is 14.9 Å². The highest BCUT2D eigenvalue weighted by atomic mass is 35.5. The van der Waals surface area contributed by atoms with Gasteiger partial charge in [0.2, 0.25) is 5.91 Å². The normalized spacial score (nSPS) is 17.6. The van der Waals surface area contributed by atoms with E-state index >= 15 is 4.39 Å². The van der Waals surface area contributed by atoms with Gasteiger partial charge in [0, 0.05) is 18.2 Å². The van der Waals surface area contributed by atoms with Crippen LogP contribution in [0.1, 0.15) is 49.3 Å². The molecule has 3 aromatic rings. The Morgan fingerprint density at radius 3 is 2.43 bits per heavy atom. The second-order valence-electron chi connectivity index (χ2n) is 9.74. The number of allylic oxidation sites excluding steroid dienone is 1. The fourth-order valence-corrected chi connectivity index (χ4v) is 5.55. The Bertz CT molecular complexity index is 1400. The van der Waals surface area contributed by atoms with Gasteiger partial charge in [-0.1, -0.05) is 92.7 Å². The van der Waals surface area contributed by atoms with E-state index in [4.69, 9.17) is 16.3 Å². The number of nitrogens with zero attached hydrogens (tertiary/aromatic N) is 1. The SMILES string of the molecule is C#C.C=C(NCC(=O)N1CCC[C@@]2(C1)OC(=O)Nc1ccc(Cl)c(F)c12)C(Cc1ccccc1)c1ccccc1.CC. The van der Waals surface area contributed by atoms with Gasteiger partial charge in [-0.15, -0.1) is 12.8 Å². The standard InChI is InChI=1S/C30H29ClFN3O3.C2H6.C2H2/c1-20(23(22-11-6-3-7-12-22)17-21-9-4-2-5-10-21)33-18-26(36)35-16-8-15-30(19-35)27-25(34-29(37)38-30)14-13-24(31)28(27)32;2*1-2/h2-7,9-14,23,33H,1,8,15-19H2,(H,34,37);1-2H3;1-2H/t23?,30-;;/m0../s1. The number of ether oxygens (including phenoxy) is 1. The number of hydrogen-bond acceptors (Lipinski definition) is 4. The molecule has 5 rings (SSSR count). The number of halogens is 2. The molecule has 8 heteroatoms. The Hall–Kier alpha value is -4.28. The van der Waals surface area contributed by atoms with Crippen molar-refractivity contribution in [2.75, 3.05) is 25.0 Å². The summed E-state index contributed by atoms with van der Waals surface area (Å²) in [7, 11) is 0. The monoisotopic (exact) mass is 589 g/mol. The third-order valence-corrected chi connectivity index (χ3v) is 7.55. The zero-order valence-electron chi connectivity index (χ0n) is 24.0. The molecule has 0 aliphatic carbocycles. The van der Waals surface area contributed by atoms with E-state index in [0.717, 1.165) is 17.7 Å². The smallest absolute Gasteiger partial charge is 0.412 e. The van der Waals surface area contributed by atoms with E-state index in [0.29, 0.717) is 25.1 Å². The van der Waals surface area contributed by atoms with Crippen LogP contribution in [0.5, 0.6) is 0 Å². The maximum Gasteiger partial charge on any atom is 0.412 e. The molecule has 1 saturated heterocycles. The summed E-state index contributed by atoms with van der Waals surface area (Å²) in [6, 6.07) is 23.2. The highest BCUT2D eigenvalue weighted by Crippen LogP contribution is 2.45. The molecule has 2 amide bonds. The van der Waals surface area contributed by atoms with Gasteiger partial charge in [0.1, 0.15) is 0 Å². The predicted molar refractivity (Wildman–Crippen MR) is 167 cm³/mol. The van der Waals surface area contributed by atoms with E-state index < -0.39 is 17.5 Å². The topological polar surface area (TPSA) is 70.7 Å². The van der Waals surface area contributed by atoms with Gasteiger partial charge >= 0.3 is 6.09 Å². The van der Waals surface area contributed by atoms with Crippen LogP contribution >= 0.6 is 11.6 Å². The number of carbonyl (C=O) groups is 2. The zero-order valence-corrected chi connectivity index (χ0v) is 24.8. The Morgan fingerprint density at radius 1 is 1.12 bits per heavy atom. The Balaban J connectivity index is 0.00000116. The lowest BCUT2D eigenvalue weighted by molar-refractivity contribution is -0.138. The van der Waals surface area contributed by atoms with Crippen LogP contribution < -0.4 is 10.6 Å². The zero-order chi connectivity index (χ0) is 30.7. The van der Waals surface area contributed by atoms with Crippen LogP contribution in [0.15, 0.2) is 85.1 Å². The minimum absolute atomic E-state index is 0.0180. The number of fused-ring (bicyclic) bond motifs is 2. The molecule has 1 unspecified atom stereocenters. The van der Waals surface area contributed by atoms with E-state index in [1.165, 1.54) is 11.6 Å². The van der Waals surface area contributed by atoms with Gasteiger partial charge in [0.05, 0.1) is 29.4 Å². The summed E-state index contributed by atoms with van der Waals surface area (Å²) < 4.78 is 20.8. The molecule has 2 aliphatic heterocycles. The van der Waals surface area contributed by atoms with E-state index in [-0.39, 0.29) is 35.5 Å². The number of amides is 2. The minimum atomic E-state index is -1.29. The number of anilines is 1. The van der Waals surface area contributed by atoms with Gasteiger partial charge in [0.15, 0.2) is 11.4 Å². The van der Waals surface area contributed by atoms with Gasteiger partial charge in [-0.3, -0.25) is 10.1 Å². The van der Waals surface area contributed by atoms with Gasteiger partial charge < -0.3 is 15.0 Å². The molecule has 2 aliphatic rings. The van der Waals surface area contributed by atoms with E-state index in [1.54, 1.807) is 11.0 Å². The lowest BCUT2D eigenvalue weighted by Crippen LogP contribution is -2.54. The molecule has 1 fully saturated rings. The quantitative estimate of drug-likeness (QED) is 0.284. The predicted octanol–water partition coefficient (Wildman–Crippen LogP) is 7.26. The number of terminal acetylenes is 1. The van der Waals surface area contributed by atoms with Crippen LogP contribution in [-0.4, -0.2) is 36.5 Å². The molecule has 6 nitrogen and oxygen atoms in total. The molecular formula is C34H37ClFN3O3. The molecule has 0 aromatic heterocycles. The summed E-state index contributed by atoms with van der Waals surface area (Å²) in [5.74, 6) is -0.862. The Kier molecular flexibility index (Phi) is 11.6. The second kappa shape index (κ2) is 15.1. The highest BCUT2D eigenvalue weighted by Gasteiger charge is 2.48. The molecule has 0 radical (unpaired) electrons. The number of benzene rings is 3. The van der Waals surface area contributed by atoms with Crippen molar-refractivity contribution in [3.63, 3.8) is 0 Å². The first-order valence-electron chi connectivity index (χ1n) is 14.0. The first-order valence-corrected chi connectivity index (χ1v) is 14.4. The van der Waals surface area contributed by atoms with Gasteiger partial charge in [-0.05, 0) is 42.5 Å². The number of piperidine rings is 1. The molecule has 220 valence electrons. The largest absolute Gasteiger partial charge is 0.436 e. The Morgan fingerprint density at radius 2 is 1.76 bits per heavy atom. The molecule has 2 N–H and O–H groups in total. The van der Waals surface area contributed by atoms with Crippen LogP contribution in [0.25, 0.3) is 0 Å². The van der Waals surface area contributed by atoms with Crippen molar-refractivity contribution in [2.24, 2.45) is 0 Å². The molecule has 1 spiro atoms. The average Bonchev–Trinajstić information content (AvgIpc) is 3.03. The van der Waals surface area contributed by atoms with Crippen molar-refractivity contribution < 1.29 is 18.7 Å². The van der Waals surface area contributed by atoms with E-state index in [1.807, 2.05) is 50.2 Å². The van der Waals surface area contributed by atoms with Crippen LogP contribution in [0, 0.1) is 18.7 Å². The summed E-state index contributed by atoms with van der Waals surface area (Å²) in [5.41, 5.74) is 2.21. The van der Waals surface area contributed by atoms with Crippen molar-refractivity contribution in [2.45, 2.75) is 44.6 Å². The Labute approximate surface area is 252 Å². The fraction of sp³-hybridized carbons (Fsp3) is 0.294. The molecular weight excluding hydrogens is 553 g/mol. The van der Waals surface area contributed by atoms with Crippen LogP contribution in [0.3, 0.4) is 0 Å². The van der Waals surface area contributed by atoms with E-state index in [2.05, 4.69) is 54.3 Å². The third kappa shape index (κ3) is 7.32. The average molecular weight is 590 g/mol. The maximum atomic E-state index is 15.2. The first-order chi connectivity index (χ1) is 20.4. The molecule has 2 heterocycles. The van der Waals surface area contributed by atoms with Crippen LogP contribution in [-0.2, 0) is 21.6 Å². The van der Waals surface area contributed by atoms with Gasteiger partial charge in [-0.25, -0.2) is 9.18 Å². The summed E-state index contributed by atoms with van der Waals surface area (Å²) >= 11 is 6.06. The number of carbonyl (C=O) groups excluding carboxylic acids is 2. The van der Waals surface area contributed by atoms with Crippen molar-refractivity contribution >= 4 is 29.3 Å². The van der Waals surface area contributed by atoms with Crippen molar-refractivity contribution in [3.8, 4) is 12.8 Å². The van der Waals surface area contributed by atoms with Crippen LogP contribution in [0.2, 0.25) is 5.02 Å². The molecule has 42 heavy (non-hydrogen) atoms. The van der Waals surface area contributed by atoms with Crippen molar-refractivity contribution in [1.82, 2.24) is 10.2 Å². The molecule has 0 saturated carbocycles. The fourth-order valence-electron chi connectivity index (χ4n) is 5.39. The molecule has 0 bridgehead atoms. The van der Waals surface area contributed by atoms with Crippen molar-refractivity contribution in [1.29, 1.82) is 0 Å². The highest BCUT2D eigenvalue weighted by molar-refractivity contribution is 6.31. The maximum absolute atomic E-state index is 15.2. The summed E-state index contributed by atoms with van der Waals surface area (Å²) in [5, 5.41) is 5.72. The number of nitrogens with one attached hydrogen (secondary N) is 2. The summed E-state index contributed by atoms with van der Waals surface area (Å²) in [6.07, 6.45) is 9.00. The summed E-state index contributed by atoms with van der Waals surface area (Å²) in [4.78, 5) is 27.3. The third-order valence-electron chi connectivity index (χ3n) is 7.25. The van der Waals surface area contributed by atoms with Crippen molar-refractivity contribution in [3.05, 3.63) is 113 Å². The first kappa shape index (κ1) is 32.2. The van der Waals surface area contributed by atoms with Gasteiger partial charge in [-0.2, -0.15) is 0 Å². The number of rotatable bonds is 7. The second-order valence-corrected chi connectivity index (χ2v) is 10.2. The van der Waals surface area contributed by atoms with E-state index in [9.17, 15) is 9.59 Å². The molecule has 3 aromatic carbocycles. The minimum Gasteiger partial charge on any atom is -0.436 e. The molecule has 2 atom stereocenters. The lowest BCUT2D eigenvalue weighted by Gasteiger charge is -2.45. The summed E-state index contributed by atoms with van der Waals surface area (Å²) in [6.45, 7) is 8.80. The lowest BCUT2D eigenvalue weighted by atomic mass is 9.83. The number of hydrogen-bond donors (Lipinski definition) is 2. The van der Waals surface area contributed by atoms with Gasteiger partial charge in [0.25, 0.3) is 0 Å². The number of likely N-dealkylation sites (tertiary alicyclic amines) is 1.